The third kappa shape index (κ3) is 2.14. The molecule has 0 aliphatic heterocycles. The van der Waals surface area contributed by atoms with Crippen LogP contribution in [0.4, 0.5) is 0 Å². The van der Waals surface area contributed by atoms with E-state index >= 15 is 0 Å². The summed E-state index contributed by atoms with van der Waals surface area (Å²) < 4.78 is 1.59. The van der Waals surface area contributed by atoms with E-state index in [0.717, 1.165) is 0 Å². The fourth-order valence-corrected chi connectivity index (χ4v) is 2.09. The Kier molecular flexibility index (Phi) is 3.09. The maximum Gasteiger partial charge on any atom is 0.335 e. The molecule has 0 aliphatic rings. The lowest BCUT2D eigenvalue weighted by Crippen LogP contribution is -1.98. The highest BCUT2D eigenvalue weighted by atomic mass is 35.5. The normalized spacial score (nSPS) is 10.5. The zero-order chi connectivity index (χ0) is 12.6. The lowest BCUT2D eigenvalue weighted by atomic mass is 10.1. The summed E-state index contributed by atoms with van der Waals surface area (Å²) in [6, 6.07) is 4.49. The number of rotatable bonds is 2. The first-order chi connectivity index (χ1) is 8.00. The van der Waals surface area contributed by atoms with Gasteiger partial charge in [0, 0.05) is 12.6 Å². The summed E-state index contributed by atoms with van der Waals surface area (Å²) in [6.45, 7) is 0. The van der Waals surface area contributed by atoms with Gasteiger partial charge in [-0.1, -0.05) is 29.3 Å². The van der Waals surface area contributed by atoms with Gasteiger partial charge in [-0.3, -0.25) is 4.68 Å². The second kappa shape index (κ2) is 4.39. The Bertz CT molecular complexity index is 574. The van der Waals surface area contributed by atoms with Crippen LogP contribution in [-0.4, -0.2) is 20.9 Å². The summed E-state index contributed by atoms with van der Waals surface area (Å²) in [5.41, 5.74) is 1.45. The van der Waals surface area contributed by atoms with Crippen molar-refractivity contribution < 1.29 is 9.90 Å². The molecular formula is C11H8Cl2N2O2. The highest BCUT2D eigenvalue weighted by Crippen LogP contribution is 2.33. The minimum Gasteiger partial charge on any atom is -0.478 e. The van der Waals surface area contributed by atoms with Crippen LogP contribution in [0.5, 0.6) is 0 Å². The largest absolute Gasteiger partial charge is 0.478 e. The topological polar surface area (TPSA) is 55.1 Å². The van der Waals surface area contributed by atoms with Gasteiger partial charge in [-0.25, -0.2) is 4.79 Å². The van der Waals surface area contributed by atoms with Gasteiger partial charge in [0.15, 0.2) is 0 Å². The molecular weight excluding hydrogens is 263 g/mol. The molecule has 6 heteroatoms. The van der Waals surface area contributed by atoms with Gasteiger partial charge >= 0.3 is 5.97 Å². The second-order valence-corrected chi connectivity index (χ2v) is 4.28. The van der Waals surface area contributed by atoms with Gasteiger partial charge in [0.2, 0.25) is 0 Å². The molecule has 2 rings (SSSR count). The van der Waals surface area contributed by atoms with Crippen molar-refractivity contribution in [2.45, 2.75) is 0 Å². The van der Waals surface area contributed by atoms with E-state index in [2.05, 4.69) is 5.10 Å². The molecule has 17 heavy (non-hydrogen) atoms. The molecule has 0 spiro atoms. The van der Waals surface area contributed by atoms with Crippen molar-refractivity contribution in [3.63, 3.8) is 0 Å². The average Bonchev–Trinajstić information content (AvgIpc) is 2.59. The Morgan fingerprint density at radius 3 is 2.53 bits per heavy atom. The summed E-state index contributed by atoms with van der Waals surface area (Å²) >= 11 is 12.0. The number of carboxylic acid groups (broad SMARTS) is 1. The predicted molar refractivity (Wildman–Crippen MR) is 65.6 cm³/mol. The Morgan fingerprint density at radius 2 is 2.06 bits per heavy atom. The van der Waals surface area contributed by atoms with E-state index in [1.807, 2.05) is 0 Å². The number of hydrogen-bond donors (Lipinski definition) is 1. The monoisotopic (exact) mass is 270 g/mol. The first kappa shape index (κ1) is 12.0. The first-order valence-corrected chi connectivity index (χ1v) is 5.47. The minimum absolute atomic E-state index is 0.136. The second-order valence-electron chi connectivity index (χ2n) is 3.46. The lowest BCUT2D eigenvalue weighted by Gasteiger charge is -2.06. The number of nitrogens with zero attached hydrogens (tertiary/aromatic N) is 2. The van der Waals surface area contributed by atoms with Crippen LogP contribution in [0.25, 0.3) is 11.3 Å². The highest BCUT2D eigenvalue weighted by molar-refractivity contribution is 6.36. The van der Waals surface area contributed by atoms with Crippen LogP contribution in [-0.2, 0) is 7.05 Å². The summed E-state index contributed by atoms with van der Waals surface area (Å²) in [6.07, 6.45) is 1.51. The van der Waals surface area contributed by atoms with Crippen molar-refractivity contribution in [3.8, 4) is 11.3 Å². The molecule has 0 unspecified atom stereocenters. The van der Waals surface area contributed by atoms with Crippen molar-refractivity contribution in [1.29, 1.82) is 0 Å². The van der Waals surface area contributed by atoms with Crippen LogP contribution in [0.1, 0.15) is 10.4 Å². The molecule has 0 amide bonds. The third-order valence-electron chi connectivity index (χ3n) is 2.37. The van der Waals surface area contributed by atoms with Crippen molar-refractivity contribution in [2.24, 2.45) is 7.05 Å². The molecule has 1 aromatic carbocycles. The van der Waals surface area contributed by atoms with Gasteiger partial charge in [0.05, 0.1) is 27.5 Å². The van der Waals surface area contributed by atoms with Crippen molar-refractivity contribution in [2.75, 3.05) is 0 Å². The number of aromatic nitrogens is 2. The number of aryl methyl sites for hydroxylation is 1. The zero-order valence-electron chi connectivity index (χ0n) is 8.82. The summed E-state index contributed by atoms with van der Waals surface area (Å²) in [5.74, 6) is -1.02. The van der Waals surface area contributed by atoms with Gasteiger partial charge in [-0.05, 0) is 12.1 Å². The van der Waals surface area contributed by atoms with Crippen LogP contribution in [0, 0.1) is 0 Å². The van der Waals surface area contributed by atoms with Crippen molar-refractivity contribution in [3.05, 3.63) is 40.0 Å². The summed E-state index contributed by atoms with van der Waals surface area (Å²) in [5, 5.41) is 13.6. The molecule has 2 aromatic rings. The fraction of sp³-hybridized carbons (Fsp3) is 0.0909. The predicted octanol–water partition coefficient (Wildman–Crippen LogP) is 3.09. The number of carboxylic acids is 1. The molecule has 88 valence electrons. The van der Waals surface area contributed by atoms with E-state index in [0.29, 0.717) is 21.3 Å². The smallest absolute Gasteiger partial charge is 0.335 e. The van der Waals surface area contributed by atoms with Crippen LogP contribution in [0.3, 0.4) is 0 Å². The molecule has 1 N–H and O–H groups in total. The summed E-state index contributed by atoms with van der Waals surface area (Å²) in [4.78, 5) is 10.8. The Morgan fingerprint density at radius 1 is 1.35 bits per heavy atom. The number of carbonyl (C=O) groups is 1. The number of hydrogen-bond acceptors (Lipinski definition) is 2. The van der Waals surface area contributed by atoms with Gasteiger partial charge < -0.3 is 5.11 Å². The van der Waals surface area contributed by atoms with Crippen LogP contribution in [0.15, 0.2) is 24.4 Å². The maximum absolute atomic E-state index is 10.8. The Labute approximate surface area is 107 Å². The van der Waals surface area contributed by atoms with Crippen molar-refractivity contribution in [1.82, 2.24) is 9.78 Å². The average molecular weight is 271 g/mol. The zero-order valence-corrected chi connectivity index (χ0v) is 10.3. The van der Waals surface area contributed by atoms with Crippen LogP contribution >= 0.6 is 23.2 Å². The van der Waals surface area contributed by atoms with E-state index in [1.54, 1.807) is 17.8 Å². The molecule has 0 aliphatic carbocycles. The fourth-order valence-electron chi connectivity index (χ4n) is 1.55. The number of benzene rings is 1. The van der Waals surface area contributed by atoms with Gasteiger partial charge in [0.25, 0.3) is 0 Å². The first-order valence-electron chi connectivity index (χ1n) is 4.71. The Hall–Kier alpha value is -1.52. The van der Waals surface area contributed by atoms with E-state index < -0.39 is 5.97 Å². The van der Waals surface area contributed by atoms with E-state index in [-0.39, 0.29) is 5.56 Å². The third-order valence-corrected chi connectivity index (χ3v) is 2.95. The van der Waals surface area contributed by atoms with Crippen LogP contribution < -0.4 is 0 Å². The molecule has 0 atom stereocenters. The van der Waals surface area contributed by atoms with Crippen molar-refractivity contribution >= 4 is 29.2 Å². The number of aromatic carboxylic acids is 1. The SMILES string of the molecule is Cn1ncc(Cl)c1-c1ccc(C(=O)O)cc1Cl. The van der Waals surface area contributed by atoms with Gasteiger partial charge in [0.1, 0.15) is 0 Å². The van der Waals surface area contributed by atoms with E-state index in [9.17, 15) is 4.79 Å². The van der Waals surface area contributed by atoms with Gasteiger partial charge in [-0.15, -0.1) is 0 Å². The summed E-state index contributed by atoms with van der Waals surface area (Å²) in [7, 11) is 1.74. The minimum atomic E-state index is -1.02. The number of halogens is 2. The molecule has 4 nitrogen and oxygen atoms in total. The molecule has 0 saturated heterocycles. The molecule has 1 aromatic heterocycles. The quantitative estimate of drug-likeness (QED) is 0.913. The molecule has 0 radical (unpaired) electrons. The molecule has 0 bridgehead atoms. The Balaban J connectivity index is 2.58. The molecule has 0 saturated carbocycles. The van der Waals surface area contributed by atoms with Gasteiger partial charge in [-0.2, -0.15) is 5.10 Å². The highest BCUT2D eigenvalue weighted by Gasteiger charge is 2.14. The van der Waals surface area contributed by atoms with Crippen LogP contribution in [0.2, 0.25) is 10.0 Å². The molecule has 1 heterocycles. The maximum atomic E-state index is 10.8. The molecule has 0 fully saturated rings. The standard InChI is InChI=1S/C11H8Cl2N2O2/c1-15-10(9(13)5-14-15)7-3-2-6(11(16)17)4-8(7)12/h2-5H,1H3,(H,16,17). The van der Waals surface area contributed by atoms with E-state index in [4.69, 9.17) is 28.3 Å². The lowest BCUT2D eigenvalue weighted by molar-refractivity contribution is 0.0697. The van der Waals surface area contributed by atoms with E-state index in [1.165, 1.54) is 18.3 Å².